The summed E-state index contributed by atoms with van der Waals surface area (Å²) in [7, 11) is 0. The van der Waals surface area contributed by atoms with E-state index in [9.17, 15) is 0 Å². The second-order valence-electron chi connectivity index (χ2n) is 13.6. The summed E-state index contributed by atoms with van der Waals surface area (Å²) in [4.78, 5) is 4.84. The molecule has 10 rings (SSSR count). The number of benzene rings is 7. The highest BCUT2D eigenvalue weighted by Crippen LogP contribution is 2.64. The molecule has 51 heavy (non-hydrogen) atoms. The molecular formula is C49H36N2. The van der Waals surface area contributed by atoms with Crippen LogP contribution in [-0.2, 0) is 5.41 Å². The molecule has 2 nitrogen and oxygen atoms in total. The van der Waals surface area contributed by atoms with Gasteiger partial charge in [0, 0.05) is 34.0 Å². The van der Waals surface area contributed by atoms with Crippen LogP contribution in [-0.4, -0.2) is 0 Å². The molecule has 7 aromatic carbocycles. The highest BCUT2D eigenvalue weighted by molar-refractivity contribution is 6.01. The fraction of sp³-hybridized carbons (Fsp3) is 0.0612. The number of allylic oxidation sites excluding steroid dienone is 4. The smallest absolute Gasteiger partial charge is 0.0726 e. The number of rotatable bonds is 6. The van der Waals surface area contributed by atoms with E-state index in [0.29, 0.717) is 0 Å². The van der Waals surface area contributed by atoms with Crippen LogP contribution in [0.15, 0.2) is 200 Å². The summed E-state index contributed by atoms with van der Waals surface area (Å²) in [6.07, 6.45) is 8.73. The first-order chi connectivity index (χ1) is 25.3. The first-order valence-corrected chi connectivity index (χ1v) is 17.9. The Bertz CT molecular complexity index is 2430. The third-order valence-electron chi connectivity index (χ3n) is 10.9. The minimum Gasteiger partial charge on any atom is -0.314 e. The largest absolute Gasteiger partial charge is 0.314 e. The summed E-state index contributed by atoms with van der Waals surface area (Å²) in [5.41, 5.74) is 17.3. The van der Waals surface area contributed by atoms with Crippen LogP contribution < -0.4 is 9.80 Å². The van der Waals surface area contributed by atoms with Crippen LogP contribution in [0.5, 0.6) is 0 Å². The highest BCUT2D eigenvalue weighted by Gasteiger charge is 2.52. The van der Waals surface area contributed by atoms with Crippen LogP contribution in [0.3, 0.4) is 0 Å². The van der Waals surface area contributed by atoms with Gasteiger partial charge in [0.1, 0.15) is 0 Å². The quantitative estimate of drug-likeness (QED) is 0.176. The molecule has 3 aliphatic carbocycles. The highest BCUT2D eigenvalue weighted by atomic mass is 15.2. The molecule has 0 saturated heterocycles. The molecule has 2 heteroatoms. The lowest BCUT2D eigenvalue weighted by atomic mass is 9.70. The third-order valence-corrected chi connectivity index (χ3v) is 10.9. The molecule has 0 aromatic heterocycles. The van der Waals surface area contributed by atoms with Crippen molar-refractivity contribution in [3.63, 3.8) is 0 Å². The van der Waals surface area contributed by atoms with Crippen LogP contribution in [0.2, 0.25) is 0 Å². The monoisotopic (exact) mass is 652 g/mol. The van der Waals surface area contributed by atoms with Gasteiger partial charge in [0.25, 0.3) is 0 Å². The molecule has 0 heterocycles. The molecule has 0 N–H and O–H groups in total. The Morgan fingerprint density at radius 2 is 0.863 bits per heavy atom. The first kappa shape index (κ1) is 29.5. The summed E-state index contributed by atoms with van der Waals surface area (Å²) < 4.78 is 0. The van der Waals surface area contributed by atoms with Gasteiger partial charge in [-0.15, -0.1) is 0 Å². The molecule has 0 unspecified atom stereocenters. The number of fused-ring (bicyclic) bond motifs is 10. The van der Waals surface area contributed by atoms with Crippen molar-refractivity contribution in [3.05, 3.63) is 222 Å². The van der Waals surface area contributed by atoms with Crippen molar-refractivity contribution < 1.29 is 0 Å². The van der Waals surface area contributed by atoms with Gasteiger partial charge in [-0.05, 0) is 112 Å². The number of nitrogens with zero attached hydrogens (tertiary/aromatic N) is 2. The van der Waals surface area contributed by atoms with E-state index >= 15 is 0 Å². The lowest BCUT2D eigenvalue weighted by molar-refractivity contribution is 0.794. The molecule has 0 fully saturated rings. The Labute approximate surface area is 299 Å². The summed E-state index contributed by atoms with van der Waals surface area (Å²) >= 11 is 0. The maximum absolute atomic E-state index is 2.45. The maximum Gasteiger partial charge on any atom is 0.0726 e. The summed E-state index contributed by atoms with van der Waals surface area (Å²) in [6, 6.07) is 64.7. The average molecular weight is 653 g/mol. The Morgan fingerprint density at radius 1 is 0.392 bits per heavy atom. The molecule has 1 spiro atoms. The van der Waals surface area contributed by atoms with Crippen LogP contribution >= 0.6 is 0 Å². The second kappa shape index (κ2) is 11.9. The van der Waals surface area contributed by atoms with E-state index in [1.807, 2.05) is 0 Å². The van der Waals surface area contributed by atoms with E-state index in [1.54, 1.807) is 0 Å². The zero-order chi connectivity index (χ0) is 33.8. The van der Waals surface area contributed by atoms with Gasteiger partial charge in [0.15, 0.2) is 0 Å². The first-order valence-electron chi connectivity index (χ1n) is 17.9. The van der Waals surface area contributed by atoms with Gasteiger partial charge >= 0.3 is 0 Å². The van der Waals surface area contributed by atoms with Gasteiger partial charge in [-0.25, -0.2) is 0 Å². The van der Waals surface area contributed by atoms with Crippen molar-refractivity contribution in [1.82, 2.24) is 0 Å². The lowest BCUT2D eigenvalue weighted by Gasteiger charge is -2.32. The minimum absolute atomic E-state index is 0.389. The molecular weight excluding hydrogens is 617 g/mol. The summed E-state index contributed by atoms with van der Waals surface area (Å²) in [6.45, 7) is 0. The average Bonchev–Trinajstić information content (AvgIpc) is 3.68. The van der Waals surface area contributed by atoms with E-state index in [2.05, 4.69) is 204 Å². The van der Waals surface area contributed by atoms with E-state index < -0.39 is 0 Å². The molecule has 242 valence electrons. The van der Waals surface area contributed by atoms with E-state index in [1.165, 1.54) is 61.6 Å². The van der Waals surface area contributed by atoms with Gasteiger partial charge in [-0.2, -0.15) is 0 Å². The number of anilines is 5. The normalized spacial score (nSPS) is 14.3. The molecule has 3 aliphatic rings. The number of hydrogen-bond donors (Lipinski definition) is 0. The van der Waals surface area contributed by atoms with Crippen molar-refractivity contribution in [2.75, 3.05) is 9.80 Å². The Kier molecular flexibility index (Phi) is 6.89. The van der Waals surface area contributed by atoms with Gasteiger partial charge in [-0.1, -0.05) is 133 Å². The molecule has 0 atom stereocenters. The summed E-state index contributed by atoms with van der Waals surface area (Å²) in [5.74, 6) is 0. The van der Waals surface area contributed by atoms with E-state index in [4.69, 9.17) is 0 Å². The second-order valence-corrected chi connectivity index (χ2v) is 13.6. The predicted molar refractivity (Wildman–Crippen MR) is 212 cm³/mol. The topological polar surface area (TPSA) is 6.48 Å². The molecule has 0 aliphatic heterocycles. The van der Waals surface area contributed by atoms with Crippen molar-refractivity contribution >= 4 is 28.4 Å². The van der Waals surface area contributed by atoms with Gasteiger partial charge in [0.2, 0.25) is 0 Å². The fourth-order valence-electron chi connectivity index (χ4n) is 8.90. The molecule has 0 saturated carbocycles. The third kappa shape index (κ3) is 4.43. The van der Waals surface area contributed by atoms with Crippen LogP contribution in [0.1, 0.15) is 35.1 Å². The lowest BCUT2D eigenvalue weighted by Crippen LogP contribution is -2.26. The van der Waals surface area contributed by atoms with E-state index in [0.717, 1.165) is 29.9 Å². The van der Waals surface area contributed by atoms with Crippen molar-refractivity contribution in [2.24, 2.45) is 0 Å². The van der Waals surface area contributed by atoms with Gasteiger partial charge < -0.3 is 9.80 Å². The number of hydrogen-bond acceptors (Lipinski definition) is 2. The minimum atomic E-state index is -0.389. The number of para-hydroxylation sites is 2. The molecule has 0 radical (unpaired) electrons. The van der Waals surface area contributed by atoms with Crippen molar-refractivity contribution in [3.8, 4) is 22.3 Å². The Balaban J connectivity index is 1.18. The summed E-state index contributed by atoms with van der Waals surface area (Å²) in [5, 5.41) is 0. The van der Waals surface area contributed by atoms with Gasteiger partial charge in [0.05, 0.1) is 11.1 Å². The standard InChI is InChI=1S/C49H36N2/c1-4-17-35(18-5-1)50(36-19-6-2-7-20-36)38-31-33-39(34-32-38)51(37-21-8-3-9-22-37)47-30-16-29-46-48(47)42-25-12-15-28-45(42)49(46)43-26-13-10-23-40(43)41-24-11-14-27-44(41)49/h1-6,8-19,21-34H,7,20H2. The van der Waals surface area contributed by atoms with Gasteiger partial charge in [-0.3, -0.25) is 0 Å². The zero-order valence-corrected chi connectivity index (χ0v) is 28.3. The van der Waals surface area contributed by atoms with Crippen LogP contribution in [0.4, 0.5) is 28.4 Å². The molecule has 0 bridgehead atoms. The SMILES string of the molecule is C1=CCCC(N(c2ccccc2)c2ccc(N(c3ccccc3)c3cccc4c3-c3ccccc3C43c4ccccc4-c4ccccc43)cc2)=C1. The van der Waals surface area contributed by atoms with Crippen molar-refractivity contribution in [1.29, 1.82) is 0 Å². The zero-order valence-electron chi connectivity index (χ0n) is 28.3. The Morgan fingerprint density at radius 3 is 1.45 bits per heavy atom. The van der Waals surface area contributed by atoms with Crippen LogP contribution in [0, 0.1) is 0 Å². The van der Waals surface area contributed by atoms with E-state index in [-0.39, 0.29) is 5.41 Å². The predicted octanol–water partition coefficient (Wildman–Crippen LogP) is 12.9. The molecule has 0 amide bonds. The fourth-order valence-corrected chi connectivity index (χ4v) is 8.90. The van der Waals surface area contributed by atoms with Crippen molar-refractivity contribution in [2.45, 2.75) is 18.3 Å². The molecule has 7 aromatic rings. The Hall–Kier alpha value is -6.38. The van der Waals surface area contributed by atoms with Crippen LogP contribution in [0.25, 0.3) is 22.3 Å². The maximum atomic E-state index is 2.45.